The Morgan fingerprint density at radius 3 is 2.24 bits per heavy atom. The third-order valence-corrected chi connectivity index (χ3v) is 3.59. The number of nitrogens with zero attached hydrogens (tertiary/aromatic N) is 1. The van der Waals surface area contributed by atoms with Crippen LogP contribution in [0.15, 0.2) is 60.7 Å². The molecule has 0 atom stereocenters. The van der Waals surface area contributed by atoms with Crippen LogP contribution in [-0.2, 0) is 12.8 Å². The third-order valence-electron chi connectivity index (χ3n) is 3.59. The van der Waals surface area contributed by atoms with Crippen LogP contribution in [0, 0.1) is 0 Å². The van der Waals surface area contributed by atoms with Crippen LogP contribution in [0.1, 0.15) is 30.4 Å². The zero-order valence-corrected chi connectivity index (χ0v) is 12.3. The third kappa shape index (κ3) is 3.22. The lowest BCUT2D eigenvalue weighted by Crippen LogP contribution is -1.91. The fourth-order valence-electron chi connectivity index (χ4n) is 2.58. The highest BCUT2D eigenvalue weighted by atomic mass is 14.9. The lowest BCUT2D eigenvalue weighted by Gasteiger charge is -2.03. The summed E-state index contributed by atoms with van der Waals surface area (Å²) in [6, 6.07) is 21.0. The molecule has 0 amide bonds. The van der Waals surface area contributed by atoms with Crippen molar-refractivity contribution in [2.75, 3.05) is 0 Å². The predicted molar refractivity (Wildman–Crippen MR) is 87.3 cm³/mol. The van der Waals surface area contributed by atoms with Crippen LogP contribution < -0.4 is 0 Å². The first-order valence-electron chi connectivity index (χ1n) is 7.54. The molecule has 0 aliphatic rings. The van der Waals surface area contributed by atoms with Gasteiger partial charge in [0, 0.05) is 24.1 Å². The fourth-order valence-corrected chi connectivity index (χ4v) is 2.58. The topological polar surface area (TPSA) is 28.7 Å². The van der Waals surface area contributed by atoms with Gasteiger partial charge in [0.05, 0.1) is 5.69 Å². The molecule has 1 heterocycles. The summed E-state index contributed by atoms with van der Waals surface area (Å²) in [6.07, 6.45) is 2.99. The van der Waals surface area contributed by atoms with Crippen molar-refractivity contribution in [3.05, 3.63) is 77.7 Å². The average molecular weight is 276 g/mol. The second kappa shape index (κ2) is 6.40. The largest absolute Gasteiger partial charge is 0.345 e. The van der Waals surface area contributed by atoms with Crippen molar-refractivity contribution in [2.45, 2.75) is 26.2 Å². The van der Waals surface area contributed by atoms with Crippen molar-refractivity contribution in [3.8, 4) is 11.3 Å². The highest BCUT2D eigenvalue weighted by Crippen LogP contribution is 2.24. The molecule has 0 aliphatic heterocycles. The molecule has 0 unspecified atom stereocenters. The Bertz CT molecular complexity index is 684. The first kappa shape index (κ1) is 13.6. The molecule has 3 aromatic rings. The molecule has 0 spiro atoms. The van der Waals surface area contributed by atoms with E-state index in [1.54, 1.807) is 0 Å². The Balaban J connectivity index is 1.98. The maximum absolute atomic E-state index is 4.81. The second-order valence-corrected chi connectivity index (χ2v) is 5.29. The fraction of sp³-hybridized carbons (Fsp3) is 0.211. The van der Waals surface area contributed by atoms with Gasteiger partial charge in [-0.05, 0) is 12.0 Å². The SMILES string of the molecule is CCCc1nc(-c2ccccc2)c(Cc2ccccc2)[nH]1. The van der Waals surface area contributed by atoms with Crippen LogP contribution >= 0.6 is 0 Å². The van der Waals surface area contributed by atoms with E-state index in [-0.39, 0.29) is 0 Å². The minimum atomic E-state index is 0.891. The van der Waals surface area contributed by atoms with Crippen molar-refractivity contribution >= 4 is 0 Å². The quantitative estimate of drug-likeness (QED) is 0.723. The molecule has 2 nitrogen and oxygen atoms in total. The Morgan fingerprint density at radius 1 is 0.905 bits per heavy atom. The lowest BCUT2D eigenvalue weighted by atomic mass is 10.0. The van der Waals surface area contributed by atoms with Crippen molar-refractivity contribution in [1.29, 1.82) is 0 Å². The number of benzene rings is 2. The lowest BCUT2D eigenvalue weighted by molar-refractivity contribution is 0.851. The molecule has 0 saturated carbocycles. The molecule has 2 aromatic carbocycles. The second-order valence-electron chi connectivity index (χ2n) is 5.29. The smallest absolute Gasteiger partial charge is 0.106 e. The summed E-state index contributed by atoms with van der Waals surface area (Å²) < 4.78 is 0. The van der Waals surface area contributed by atoms with Crippen LogP contribution in [0.5, 0.6) is 0 Å². The van der Waals surface area contributed by atoms with Crippen molar-refractivity contribution in [3.63, 3.8) is 0 Å². The average Bonchev–Trinajstić information content (AvgIpc) is 2.92. The van der Waals surface area contributed by atoms with Crippen LogP contribution in [0.2, 0.25) is 0 Å². The molecule has 106 valence electrons. The van der Waals surface area contributed by atoms with Gasteiger partial charge in [0.1, 0.15) is 5.82 Å². The van der Waals surface area contributed by atoms with Crippen molar-refractivity contribution < 1.29 is 0 Å². The summed E-state index contributed by atoms with van der Waals surface area (Å²) in [4.78, 5) is 8.33. The number of H-pyrrole nitrogens is 1. The Kier molecular flexibility index (Phi) is 4.15. The van der Waals surface area contributed by atoms with E-state index >= 15 is 0 Å². The van der Waals surface area contributed by atoms with Gasteiger partial charge in [0.25, 0.3) is 0 Å². The van der Waals surface area contributed by atoms with Gasteiger partial charge in [0.15, 0.2) is 0 Å². The maximum atomic E-state index is 4.81. The summed E-state index contributed by atoms with van der Waals surface area (Å²) in [5.74, 6) is 1.09. The minimum Gasteiger partial charge on any atom is -0.345 e. The number of hydrogen-bond acceptors (Lipinski definition) is 1. The van der Waals surface area contributed by atoms with E-state index < -0.39 is 0 Å². The normalized spacial score (nSPS) is 10.7. The molecule has 0 saturated heterocycles. The summed E-state index contributed by atoms with van der Waals surface area (Å²) in [5, 5.41) is 0. The highest BCUT2D eigenvalue weighted by Gasteiger charge is 2.12. The van der Waals surface area contributed by atoms with Gasteiger partial charge in [-0.1, -0.05) is 67.6 Å². The number of nitrogens with one attached hydrogen (secondary N) is 1. The molecule has 21 heavy (non-hydrogen) atoms. The van der Waals surface area contributed by atoms with E-state index in [1.807, 2.05) is 6.07 Å². The Labute approximate surface area is 125 Å². The monoisotopic (exact) mass is 276 g/mol. The van der Waals surface area contributed by atoms with E-state index in [9.17, 15) is 0 Å². The molecule has 0 radical (unpaired) electrons. The van der Waals surface area contributed by atoms with E-state index in [4.69, 9.17) is 4.98 Å². The van der Waals surface area contributed by atoms with Crippen LogP contribution in [0.4, 0.5) is 0 Å². The number of rotatable bonds is 5. The predicted octanol–water partition coefficient (Wildman–Crippen LogP) is 4.62. The molecular formula is C19H20N2. The summed E-state index contributed by atoms with van der Waals surface area (Å²) in [7, 11) is 0. The Hall–Kier alpha value is -2.35. The summed E-state index contributed by atoms with van der Waals surface area (Å²) in [6.45, 7) is 2.18. The molecule has 3 rings (SSSR count). The van der Waals surface area contributed by atoms with Gasteiger partial charge in [-0.2, -0.15) is 0 Å². The minimum absolute atomic E-state index is 0.891. The van der Waals surface area contributed by atoms with Crippen molar-refractivity contribution in [2.24, 2.45) is 0 Å². The molecule has 2 heteroatoms. The van der Waals surface area contributed by atoms with E-state index in [2.05, 4.69) is 66.5 Å². The van der Waals surface area contributed by atoms with Gasteiger partial charge in [0.2, 0.25) is 0 Å². The number of aromatic amines is 1. The van der Waals surface area contributed by atoms with E-state index in [0.29, 0.717) is 0 Å². The molecule has 0 bridgehead atoms. The molecule has 1 aromatic heterocycles. The maximum Gasteiger partial charge on any atom is 0.106 e. The number of aryl methyl sites for hydroxylation is 1. The van der Waals surface area contributed by atoms with Crippen LogP contribution in [0.25, 0.3) is 11.3 Å². The molecular weight excluding hydrogens is 256 g/mol. The van der Waals surface area contributed by atoms with Gasteiger partial charge < -0.3 is 4.98 Å². The van der Waals surface area contributed by atoms with Gasteiger partial charge in [-0.3, -0.25) is 0 Å². The molecule has 0 aliphatic carbocycles. The standard InChI is InChI=1S/C19H20N2/c1-2-9-18-20-17(14-15-10-5-3-6-11-15)19(21-18)16-12-7-4-8-13-16/h3-8,10-13H,2,9,14H2,1H3,(H,20,21). The van der Waals surface area contributed by atoms with Gasteiger partial charge in [-0.15, -0.1) is 0 Å². The van der Waals surface area contributed by atoms with Gasteiger partial charge >= 0.3 is 0 Å². The van der Waals surface area contributed by atoms with Crippen LogP contribution in [0.3, 0.4) is 0 Å². The van der Waals surface area contributed by atoms with Crippen LogP contribution in [-0.4, -0.2) is 9.97 Å². The zero-order chi connectivity index (χ0) is 14.5. The Morgan fingerprint density at radius 2 is 1.57 bits per heavy atom. The first-order valence-corrected chi connectivity index (χ1v) is 7.54. The van der Waals surface area contributed by atoms with E-state index in [1.165, 1.54) is 16.8 Å². The number of aromatic nitrogens is 2. The zero-order valence-electron chi connectivity index (χ0n) is 12.3. The summed E-state index contributed by atoms with van der Waals surface area (Å²) >= 11 is 0. The number of hydrogen-bond donors (Lipinski definition) is 1. The van der Waals surface area contributed by atoms with Gasteiger partial charge in [-0.25, -0.2) is 4.98 Å². The first-order chi connectivity index (χ1) is 10.4. The summed E-state index contributed by atoms with van der Waals surface area (Å²) in [5.41, 5.74) is 4.78. The highest BCUT2D eigenvalue weighted by molar-refractivity contribution is 5.62. The van der Waals surface area contributed by atoms with Crippen molar-refractivity contribution in [1.82, 2.24) is 9.97 Å². The molecule has 1 N–H and O–H groups in total. The van der Waals surface area contributed by atoms with E-state index in [0.717, 1.165) is 30.8 Å². The number of imidazole rings is 1. The molecule has 0 fully saturated rings.